The second-order valence-corrected chi connectivity index (χ2v) is 28.7. The molecule has 6 heterocycles. The van der Waals surface area contributed by atoms with Crippen molar-refractivity contribution in [3.8, 4) is 0 Å². The molecule has 0 aromatic rings. The summed E-state index contributed by atoms with van der Waals surface area (Å²) in [5.74, 6) is 4.45. The number of alkyl halides is 6. The third kappa shape index (κ3) is 23.6. The van der Waals surface area contributed by atoms with Crippen LogP contribution < -0.4 is 130 Å². The fraction of sp³-hybridized carbons (Fsp3) is 1.00. The van der Waals surface area contributed by atoms with Crippen LogP contribution in [0.2, 0.25) is 8.47 Å². The number of thioether (sulfide) groups is 6. The molecule has 0 amide bonds. The molecule has 30 N–H and O–H groups in total. The first-order chi connectivity index (χ1) is 39.2. The van der Waals surface area contributed by atoms with Crippen LogP contribution in [0.15, 0.2) is 0 Å². The highest BCUT2D eigenvalue weighted by molar-refractivity contribution is 8.01. The lowest BCUT2D eigenvalue weighted by molar-refractivity contribution is -0.00508. The molecule has 26 nitrogen and oxygen atoms in total. The highest BCUT2D eigenvalue weighted by atomic mass is 35.5. The SMILES string of the molecule is [2H]NC1CC(Cl)CC(SCCC(CCSC2NC(Cl)NC(N[2H])N2)C2NC(N(CCSC3NC(Cl)NC(N[2H])N3)CCSC3NC(Cl)NC(N[2H])N3)NC(N(CCSC3NC(Cl)NC(N[2H])N3)CCSC3NC(Cl)NC(N[2H])N3)N2)C1. The Morgan fingerprint density at radius 2 is 0.733 bits per heavy atom. The molecule has 6 aliphatic heterocycles. The summed E-state index contributed by atoms with van der Waals surface area (Å²) in [7, 11) is 0. The van der Waals surface area contributed by atoms with Crippen LogP contribution in [0, 0.1) is 5.92 Å². The molecule has 0 aromatic carbocycles. The predicted octanol–water partition coefficient (Wildman–Crippen LogP) is -4.30. The quantitative estimate of drug-likeness (QED) is 0.0218. The van der Waals surface area contributed by atoms with Gasteiger partial charge in [0.05, 0.1) is 6.17 Å². The topological polar surface area (TPSA) is 379 Å². The van der Waals surface area contributed by atoms with Crippen molar-refractivity contribution in [3.05, 3.63) is 0 Å². The van der Waals surface area contributed by atoms with Crippen LogP contribution in [-0.2, 0) is 0 Å². The molecule has 0 spiro atoms. The third-order valence-corrected chi connectivity index (χ3v) is 20.8. The van der Waals surface area contributed by atoms with Gasteiger partial charge in [0.1, 0.15) is 108 Å². The molecule has 1 aliphatic carbocycles. The van der Waals surface area contributed by atoms with E-state index in [-0.39, 0.29) is 63.6 Å². The number of nitrogens with two attached hydrogens (primary N) is 6. The van der Waals surface area contributed by atoms with Crippen LogP contribution in [-0.4, -0.2) is 193 Å². The van der Waals surface area contributed by atoms with Crippen molar-refractivity contribution in [1.29, 1.82) is 0 Å². The van der Waals surface area contributed by atoms with Gasteiger partial charge in [0.25, 0.3) is 0 Å². The third-order valence-electron chi connectivity index (χ3n) is 12.7. The van der Waals surface area contributed by atoms with Crippen LogP contribution in [0.1, 0.15) is 32.1 Å². The lowest BCUT2D eigenvalue weighted by atomic mass is 9.95. The maximum Gasteiger partial charge on any atom is 0.139 e. The minimum atomic E-state index is -0.553. The fourth-order valence-corrected chi connectivity index (χ4v) is 18.1. The minimum absolute atomic E-state index is 0.00634. The average molecular weight is 1300 g/mol. The van der Waals surface area contributed by atoms with Gasteiger partial charge in [-0.25, -0.2) is 0 Å². The van der Waals surface area contributed by atoms with Crippen molar-refractivity contribution < 1.29 is 8.47 Å². The van der Waals surface area contributed by atoms with E-state index in [0.29, 0.717) is 54.4 Å². The molecular formula is C37H82Cl6N26S6. The first-order valence-corrected chi connectivity index (χ1v) is 33.9. The molecule has 7 aliphatic rings. The number of hydrogen-bond acceptors (Lipinski definition) is 32. The number of nitrogens with one attached hydrogen (secondary N) is 18. The van der Waals surface area contributed by atoms with Crippen LogP contribution >= 0.6 is 140 Å². The van der Waals surface area contributed by atoms with Gasteiger partial charge in [-0.2, -0.15) is 11.8 Å². The van der Waals surface area contributed by atoms with E-state index < -0.39 is 59.6 Å². The smallest absolute Gasteiger partial charge is 0.139 e. The van der Waals surface area contributed by atoms with Gasteiger partial charge in [0, 0.05) is 65.9 Å². The molecular weight excluding hydrogens is 1210 g/mol. The van der Waals surface area contributed by atoms with Gasteiger partial charge in [-0.05, 0) is 49.5 Å². The summed E-state index contributed by atoms with van der Waals surface area (Å²) in [6.45, 7) is 2.55. The average Bonchev–Trinajstić information content (AvgIpc) is 3.55. The van der Waals surface area contributed by atoms with Gasteiger partial charge in [0.15, 0.2) is 0 Å². The van der Waals surface area contributed by atoms with E-state index in [4.69, 9.17) is 78.1 Å². The first kappa shape index (κ1) is 56.9. The van der Waals surface area contributed by atoms with Crippen molar-refractivity contribution in [1.82, 2.24) is 106 Å². The molecule has 1 saturated carbocycles. The largest absolute Gasteiger partial charge is 0.328 e. The van der Waals surface area contributed by atoms with Crippen LogP contribution in [0.5, 0.6) is 0 Å². The molecule has 0 bridgehead atoms. The van der Waals surface area contributed by atoms with Gasteiger partial charge in [-0.15, -0.1) is 70.4 Å². The maximum atomic E-state index is 7.95. The van der Waals surface area contributed by atoms with Gasteiger partial charge in [-0.1, -0.05) is 58.0 Å². The molecule has 38 heteroatoms. The Kier molecular flexibility index (Phi) is 25.9. The molecule has 21 unspecified atom stereocenters. The second kappa shape index (κ2) is 34.1. The number of nitrogens with zero attached hydrogens (tertiary/aromatic N) is 2. The predicted molar refractivity (Wildman–Crippen MR) is 321 cm³/mol. The molecule has 6 saturated heterocycles. The Hall–Kier alpha value is 2.80. The highest BCUT2D eigenvalue weighted by Gasteiger charge is 2.39. The lowest BCUT2D eigenvalue weighted by Crippen LogP contribution is -2.77. The zero-order chi connectivity index (χ0) is 57.7. The van der Waals surface area contributed by atoms with E-state index in [2.05, 4.69) is 140 Å². The summed E-state index contributed by atoms with van der Waals surface area (Å²) in [6.07, 6.45) is 0.734. The van der Waals surface area contributed by atoms with Gasteiger partial charge in [-0.3, -0.25) is 106 Å². The molecule has 7 fully saturated rings. The Morgan fingerprint density at radius 1 is 0.387 bits per heavy atom. The van der Waals surface area contributed by atoms with E-state index in [9.17, 15) is 0 Å². The Labute approximate surface area is 506 Å². The van der Waals surface area contributed by atoms with E-state index in [0.717, 1.165) is 43.6 Å². The molecule has 438 valence electrons. The highest BCUT2D eigenvalue weighted by Crippen LogP contribution is 2.33. The number of halogens is 6. The van der Waals surface area contributed by atoms with E-state index in [1.54, 1.807) is 58.8 Å². The molecule has 7 rings (SSSR count). The van der Waals surface area contributed by atoms with Crippen LogP contribution in [0.3, 0.4) is 0 Å². The zero-order valence-corrected chi connectivity index (χ0v) is 50.4. The summed E-state index contributed by atoms with van der Waals surface area (Å²) in [6, 6.07) is 0.0477. The molecule has 0 aromatic heterocycles. The molecule has 0 radical (unpaired) electrons. The summed E-state index contributed by atoms with van der Waals surface area (Å²) >= 11 is 49.7. The monoisotopic (exact) mass is 1300 g/mol. The van der Waals surface area contributed by atoms with Crippen molar-refractivity contribution in [3.63, 3.8) is 0 Å². The minimum Gasteiger partial charge on any atom is -0.328 e. The molecule has 75 heavy (non-hydrogen) atoms. The standard InChI is InChI=1S/C37H82Cl6N26S6/c38-17-13-18(44)15-19(14-17)70-7-1-16(2-8-71-33-57-21(39)52-26(45)62-33)20-50-31(68(3-9-72-34-58-22(40)53-27(46)63-34)4-10-73-35-59-23(41)54-28(47)64-35)67-32(51-20)69(5-11-74-36-60-24(42)55-29(48)65-36)6-12-75-37-61-25(43)56-30(49)66-37/h16-37,50-67H,1-15,44-49H2/i/hD6. The summed E-state index contributed by atoms with van der Waals surface area (Å²) < 4.78 is 47.0. The van der Waals surface area contributed by atoms with Gasteiger partial charge in [0.2, 0.25) is 0 Å². The zero-order valence-electron chi connectivity index (χ0n) is 46.9. The van der Waals surface area contributed by atoms with Crippen LogP contribution in [0.4, 0.5) is 0 Å². The van der Waals surface area contributed by atoms with Gasteiger partial charge >= 0.3 is 0 Å². The maximum absolute atomic E-state index is 7.95. The fourth-order valence-electron chi connectivity index (χ4n) is 9.11. The lowest BCUT2D eigenvalue weighted by Gasteiger charge is -2.49. The summed E-state index contributed by atoms with van der Waals surface area (Å²) in [5.41, 5.74) is 11.1. The Balaban J connectivity index is 1.17. The van der Waals surface area contributed by atoms with Crippen molar-refractivity contribution in [2.45, 2.75) is 155 Å². The van der Waals surface area contributed by atoms with Crippen molar-refractivity contribution in [2.75, 3.05) is 60.7 Å². The van der Waals surface area contributed by atoms with Crippen LogP contribution in [0.25, 0.3) is 0 Å². The van der Waals surface area contributed by atoms with E-state index >= 15 is 0 Å². The Morgan fingerprint density at radius 3 is 1.08 bits per heavy atom. The number of rotatable bonds is 33. The summed E-state index contributed by atoms with van der Waals surface area (Å²) in [4.78, 5) is 4.84. The van der Waals surface area contributed by atoms with E-state index in [1.165, 1.54) is 0 Å². The molecule has 21 atom stereocenters. The van der Waals surface area contributed by atoms with E-state index in [1.807, 2.05) is 11.8 Å². The first-order valence-electron chi connectivity index (χ1n) is 28.0. The van der Waals surface area contributed by atoms with Crippen molar-refractivity contribution in [2.24, 2.45) is 40.3 Å². The second-order valence-electron chi connectivity index (χ2n) is 18.4. The Bertz CT molecular complexity index is 1470. The summed E-state index contributed by atoms with van der Waals surface area (Å²) in [5, 5.41) is 61.1. The van der Waals surface area contributed by atoms with Crippen molar-refractivity contribution >= 4 is 140 Å². The normalized spacial score (nSPS) is 42.8. The van der Waals surface area contributed by atoms with Gasteiger partial charge < -0.3 is 34.4 Å². The number of hydrogen-bond donors (Lipinski definition) is 24.